The number of rotatable bonds is 3. The largest absolute Gasteiger partial charge is 0.478 e. The molecule has 0 aliphatic heterocycles. The highest BCUT2D eigenvalue weighted by Gasteiger charge is 2.08. The monoisotopic (exact) mass is 246 g/mol. The van der Waals surface area contributed by atoms with Gasteiger partial charge in [0.2, 0.25) is 0 Å². The molecular formula is C13H11FN2O2. The van der Waals surface area contributed by atoms with Crippen LogP contribution in [0.3, 0.4) is 0 Å². The molecule has 0 aromatic heterocycles. The standard InChI is InChI=1S/C13H11FN2O2/c14-8-2-1-3-9(6-8)16-10-4-5-11(13(17)18)12(15)7-10/h1-7,16H,15H2,(H,17,18). The summed E-state index contributed by atoms with van der Waals surface area (Å²) in [5, 5.41) is 11.8. The molecule has 0 heterocycles. The van der Waals surface area contributed by atoms with E-state index in [-0.39, 0.29) is 17.1 Å². The smallest absolute Gasteiger partial charge is 0.337 e. The number of hydrogen-bond donors (Lipinski definition) is 3. The minimum absolute atomic E-state index is 0.0415. The molecule has 0 aliphatic rings. The van der Waals surface area contributed by atoms with Gasteiger partial charge in [-0.1, -0.05) is 6.07 Å². The van der Waals surface area contributed by atoms with Crippen molar-refractivity contribution in [2.45, 2.75) is 0 Å². The first kappa shape index (κ1) is 11.9. The van der Waals surface area contributed by atoms with Crippen LogP contribution < -0.4 is 11.1 Å². The van der Waals surface area contributed by atoms with E-state index in [1.54, 1.807) is 18.2 Å². The number of anilines is 3. The fourth-order valence-corrected chi connectivity index (χ4v) is 1.57. The summed E-state index contributed by atoms with van der Waals surface area (Å²) in [5.74, 6) is -1.43. The first-order chi connectivity index (χ1) is 8.56. The Morgan fingerprint density at radius 3 is 2.50 bits per heavy atom. The second-order valence-electron chi connectivity index (χ2n) is 3.74. The van der Waals surface area contributed by atoms with E-state index < -0.39 is 5.97 Å². The van der Waals surface area contributed by atoms with E-state index in [1.165, 1.54) is 24.3 Å². The van der Waals surface area contributed by atoms with E-state index in [1.807, 2.05) is 0 Å². The number of carbonyl (C=O) groups is 1. The lowest BCUT2D eigenvalue weighted by molar-refractivity contribution is 0.0698. The summed E-state index contributed by atoms with van der Waals surface area (Å²) in [6.45, 7) is 0. The molecule has 0 unspecified atom stereocenters. The van der Waals surface area contributed by atoms with Gasteiger partial charge in [0.25, 0.3) is 0 Å². The van der Waals surface area contributed by atoms with Crippen LogP contribution >= 0.6 is 0 Å². The summed E-state index contributed by atoms with van der Waals surface area (Å²) in [5.41, 5.74) is 6.98. The molecule has 92 valence electrons. The Kier molecular flexibility index (Phi) is 3.14. The SMILES string of the molecule is Nc1cc(Nc2cccc(F)c2)ccc1C(=O)O. The van der Waals surface area contributed by atoms with Crippen LogP contribution in [0.25, 0.3) is 0 Å². The summed E-state index contributed by atoms with van der Waals surface area (Å²) >= 11 is 0. The van der Waals surface area contributed by atoms with Gasteiger partial charge in [-0.25, -0.2) is 9.18 Å². The highest BCUT2D eigenvalue weighted by Crippen LogP contribution is 2.22. The average molecular weight is 246 g/mol. The van der Waals surface area contributed by atoms with Crippen LogP contribution in [0.4, 0.5) is 21.5 Å². The van der Waals surface area contributed by atoms with Crippen LogP contribution in [0.5, 0.6) is 0 Å². The normalized spacial score (nSPS) is 10.1. The van der Waals surface area contributed by atoms with Crippen LogP contribution in [0, 0.1) is 5.82 Å². The fourth-order valence-electron chi connectivity index (χ4n) is 1.57. The number of benzene rings is 2. The second kappa shape index (κ2) is 4.75. The third kappa shape index (κ3) is 2.57. The van der Waals surface area contributed by atoms with E-state index in [2.05, 4.69) is 5.32 Å². The quantitative estimate of drug-likeness (QED) is 0.728. The first-order valence-electron chi connectivity index (χ1n) is 5.21. The Hall–Kier alpha value is -2.56. The van der Waals surface area contributed by atoms with Crippen molar-refractivity contribution in [2.24, 2.45) is 0 Å². The molecule has 0 atom stereocenters. The molecule has 0 amide bonds. The van der Waals surface area contributed by atoms with Crippen LogP contribution in [0.15, 0.2) is 42.5 Å². The zero-order chi connectivity index (χ0) is 13.1. The molecule has 0 fully saturated rings. The number of nitrogen functional groups attached to an aromatic ring is 1. The summed E-state index contributed by atoms with van der Waals surface area (Å²) in [7, 11) is 0. The van der Waals surface area contributed by atoms with Crippen molar-refractivity contribution in [1.29, 1.82) is 0 Å². The molecule has 18 heavy (non-hydrogen) atoms. The van der Waals surface area contributed by atoms with Crippen molar-refractivity contribution >= 4 is 23.0 Å². The maximum atomic E-state index is 13.0. The molecule has 2 rings (SSSR count). The molecule has 0 aliphatic carbocycles. The molecule has 4 nitrogen and oxygen atoms in total. The number of nitrogens with two attached hydrogens (primary N) is 1. The van der Waals surface area contributed by atoms with Crippen molar-refractivity contribution in [3.63, 3.8) is 0 Å². The first-order valence-corrected chi connectivity index (χ1v) is 5.21. The average Bonchev–Trinajstić information content (AvgIpc) is 2.28. The van der Waals surface area contributed by atoms with Gasteiger partial charge in [-0.2, -0.15) is 0 Å². The van der Waals surface area contributed by atoms with Gasteiger partial charge in [0.15, 0.2) is 0 Å². The Bertz CT molecular complexity index is 599. The van der Waals surface area contributed by atoms with E-state index in [9.17, 15) is 9.18 Å². The Balaban J connectivity index is 2.25. The number of aromatic carboxylic acids is 1. The number of halogens is 1. The van der Waals surface area contributed by atoms with Gasteiger partial charge in [0, 0.05) is 17.1 Å². The van der Waals surface area contributed by atoms with Crippen molar-refractivity contribution in [2.75, 3.05) is 11.1 Å². The molecule has 5 heteroatoms. The molecule has 2 aromatic carbocycles. The van der Waals surface area contributed by atoms with E-state index in [0.717, 1.165) is 0 Å². The van der Waals surface area contributed by atoms with Crippen molar-refractivity contribution in [1.82, 2.24) is 0 Å². The lowest BCUT2D eigenvalue weighted by Gasteiger charge is -2.08. The molecule has 2 aromatic rings. The van der Waals surface area contributed by atoms with Gasteiger partial charge in [0.05, 0.1) is 5.56 Å². The molecule has 0 radical (unpaired) electrons. The zero-order valence-corrected chi connectivity index (χ0v) is 9.35. The van der Waals surface area contributed by atoms with Gasteiger partial charge >= 0.3 is 5.97 Å². The maximum absolute atomic E-state index is 13.0. The van der Waals surface area contributed by atoms with Crippen LogP contribution in [0.1, 0.15) is 10.4 Å². The third-order valence-corrected chi connectivity index (χ3v) is 2.40. The van der Waals surface area contributed by atoms with Crippen molar-refractivity contribution in [3.05, 3.63) is 53.8 Å². The fraction of sp³-hybridized carbons (Fsp3) is 0. The van der Waals surface area contributed by atoms with Crippen LogP contribution in [-0.2, 0) is 0 Å². The number of carboxylic acids is 1. The Morgan fingerprint density at radius 2 is 1.89 bits per heavy atom. The van der Waals surface area contributed by atoms with Gasteiger partial charge in [-0.3, -0.25) is 0 Å². The zero-order valence-electron chi connectivity index (χ0n) is 9.35. The summed E-state index contributed by atoms with van der Waals surface area (Å²) in [6.07, 6.45) is 0. The van der Waals surface area contributed by atoms with Crippen LogP contribution in [0.2, 0.25) is 0 Å². The number of carboxylic acid groups (broad SMARTS) is 1. The van der Waals surface area contributed by atoms with E-state index in [4.69, 9.17) is 10.8 Å². The predicted molar refractivity (Wildman–Crippen MR) is 67.5 cm³/mol. The minimum atomic E-state index is -1.08. The number of nitrogens with one attached hydrogen (secondary N) is 1. The highest BCUT2D eigenvalue weighted by atomic mass is 19.1. The molecular weight excluding hydrogens is 235 g/mol. The summed E-state index contributed by atoms with van der Waals surface area (Å²) in [4.78, 5) is 10.8. The lowest BCUT2D eigenvalue weighted by Crippen LogP contribution is -2.03. The summed E-state index contributed by atoms with van der Waals surface area (Å²) in [6, 6.07) is 10.4. The van der Waals surface area contributed by atoms with Gasteiger partial charge in [-0.15, -0.1) is 0 Å². The van der Waals surface area contributed by atoms with E-state index >= 15 is 0 Å². The van der Waals surface area contributed by atoms with Crippen molar-refractivity contribution in [3.8, 4) is 0 Å². The topological polar surface area (TPSA) is 75.3 Å². The molecule has 0 saturated carbocycles. The lowest BCUT2D eigenvalue weighted by atomic mass is 10.1. The van der Waals surface area contributed by atoms with Gasteiger partial charge in [0.1, 0.15) is 5.82 Å². The van der Waals surface area contributed by atoms with Gasteiger partial charge < -0.3 is 16.2 Å². The number of hydrogen-bond acceptors (Lipinski definition) is 3. The summed E-state index contributed by atoms with van der Waals surface area (Å²) < 4.78 is 13.0. The third-order valence-electron chi connectivity index (χ3n) is 2.40. The highest BCUT2D eigenvalue weighted by molar-refractivity contribution is 5.94. The predicted octanol–water partition coefficient (Wildman–Crippen LogP) is 2.85. The van der Waals surface area contributed by atoms with Crippen molar-refractivity contribution < 1.29 is 14.3 Å². The van der Waals surface area contributed by atoms with E-state index in [0.29, 0.717) is 11.4 Å². The minimum Gasteiger partial charge on any atom is -0.478 e. The molecule has 0 saturated heterocycles. The van der Waals surface area contributed by atoms with Gasteiger partial charge in [-0.05, 0) is 36.4 Å². The molecule has 0 spiro atoms. The Morgan fingerprint density at radius 1 is 1.17 bits per heavy atom. The maximum Gasteiger partial charge on any atom is 0.337 e. The molecule has 4 N–H and O–H groups in total. The Labute approximate surface area is 103 Å². The van der Waals surface area contributed by atoms with Crippen LogP contribution in [-0.4, -0.2) is 11.1 Å². The molecule has 0 bridgehead atoms. The second-order valence-corrected chi connectivity index (χ2v) is 3.74.